The lowest BCUT2D eigenvalue weighted by atomic mass is 9.96. The number of hydrogen-bond donors (Lipinski definition) is 2. The normalized spacial score (nSPS) is 18.0. The van der Waals surface area contributed by atoms with Crippen LogP contribution in [0.3, 0.4) is 0 Å². The van der Waals surface area contributed by atoms with E-state index in [1.807, 2.05) is 0 Å². The van der Waals surface area contributed by atoms with Gasteiger partial charge in [-0.25, -0.2) is 0 Å². The number of methoxy groups -OCH3 is 1. The molecule has 1 saturated heterocycles. The van der Waals surface area contributed by atoms with Crippen LogP contribution in [0.25, 0.3) is 0 Å². The third-order valence-corrected chi connectivity index (χ3v) is 6.10. The second-order valence-electron chi connectivity index (χ2n) is 8.51. The zero-order valence-corrected chi connectivity index (χ0v) is 18.3. The number of amides is 3. The van der Waals surface area contributed by atoms with E-state index in [1.54, 1.807) is 60.5 Å². The van der Waals surface area contributed by atoms with Crippen molar-refractivity contribution in [2.75, 3.05) is 32.1 Å². The summed E-state index contributed by atoms with van der Waals surface area (Å²) in [5, 5.41) is 5.89. The SMILES string of the molecule is COc1ccc(C(=O)Nc2ccccc2C(=O)N2CCCC(C(=O)NCC3CC3)C2)cc1. The van der Waals surface area contributed by atoms with E-state index in [4.69, 9.17) is 4.74 Å². The van der Waals surface area contributed by atoms with Gasteiger partial charge in [-0.3, -0.25) is 14.4 Å². The first-order chi connectivity index (χ1) is 15.5. The molecule has 4 rings (SSSR count). The molecule has 1 heterocycles. The molecule has 2 N–H and O–H groups in total. The number of likely N-dealkylation sites (tertiary alicyclic amines) is 1. The highest BCUT2D eigenvalue weighted by Gasteiger charge is 2.31. The van der Waals surface area contributed by atoms with E-state index in [9.17, 15) is 14.4 Å². The average molecular weight is 436 g/mol. The van der Waals surface area contributed by atoms with E-state index < -0.39 is 0 Å². The summed E-state index contributed by atoms with van der Waals surface area (Å²) in [5.41, 5.74) is 1.35. The average Bonchev–Trinajstić information content (AvgIpc) is 3.67. The number of piperidine rings is 1. The van der Waals surface area contributed by atoms with Crippen molar-refractivity contribution in [3.8, 4) is 5.75 Å². The Balaban J connectivity index is 1.43. The minimum Gasteiger partial charge on any atom is -0.497 e. The van der Waals surface area contributed by atoms with E-state index in [0.29, 0.717) is 41.6 Å². The minimum absolute atomic E-state index is 0.0375. The van der Waals surface area contributed by atoms with Gasteiger partial charge < -0.3 is 20.3 Å². The Morgan fingerprint density at radius 1 is 1.03 bits per heavy atom. The van der Waals surface area contributed by atoms with E-state index in [-0.39, 0.29) is 23.6 Å². The van der Waals surface area contributed by atoms with Crippen LogP contribution in [0.1, 0.15) is 46.4 Å². The molecule has 1 aliphatic heterocycles. The summed E-state index contributed by atoms with van der Waals surface area (Å²) in [6.45, 7) is 1.74. The number of hydrogen-bond acceptors (Lipinski definition) is 4. The monoisotopic (exact) mass is 435 g/mol. The number of ether oxygens (including phenoxy) is 1. The molecular formula is C25H29N3O4. The van der Waals surface area contributed by atoms with Gasteiger partial charge in [-0.05, 0) is 68.0 Å². The highest BCUT2D eigenvalue weighted by Crippen LogP contribution is 2.28. The fourth-order valence-corrected chi connectivity index (χ4v) is 3.97. The molecule has 0 bridgehead atoms. The van der Waals surface area contributed by atoms with Crippen molar-refractivity contribution in [2.24, 2.45) is 11.8 Å². The van der Waals surface area contributed by atoms with Crippen LogP contribution < -0.4 is 15.4 Å². The Kier molecular flexibility index (Phi) is 6.73. The summed E-state index contributed by atoms with van der Waals surface area (Å²) in [4.78, 5) is 40.3. The highest BCUT2D eigenvalue weighted by molar-refractivity contribution is 6.09. The van der Waals surface area contributed by atoms with Crippen molar-refractivity contribution < 1.29 is 19.1 Å². The van der Waals surface area contributed by atoms with Gasteiger partial charge in [0.25, 0.3) is 11.8 Å². The predicted molar refractivity (Wildman–Crippen MR) is 122 cm³/mol. The molecule has 1 unspecified atom stereocenters. The molecule has 1 aliphatic carbocycles. The number of nitrogens with one attached hydrogen (secondary N) is 2. The van der Waals surface area contributed by atoms with Crippen LogP contribution in [-0.2, 0) is 4.79 Å². The standard InChI is InChI=1S/C25H29N3O4/c1-32-20-12-10-18(11-13-20)24(30)27-22-7-3-2-6-21(22)25(31)28-14-4-5-19(16-28)23(29)26-15-17-8-9-17/h2-3,6-7,10-13,17,19H,4-5,8-9,14-16H2,1H3,(H,26,29)(H,27,30). The highest BCUT2D eigenvalue weighted by atomic mass is 16.5. The number of para-hydroxylation sites is 1. The van der Waals surface area contributed by atoms with Crippen molar-refractivity contribution >= 4 is 23.4 Å². The van der Waals surface area contributed by atoms with Crippen LogP contribution in [-0.4, -0.2) is 49.4 Å². The Morgan fingerprint density at radius 3 is 2.50 bits per heavy atom. The number of carbonyl (C=O) groups is 3. The number of benzene rings is 2. The summed E-state index contributed by atoms with van der Waals surface area (Å²) in [6.07, 6.45) is 3.95. The summed E-state index contributed by atoms with van der Waals surface area (Å²) in [7, 11) is 1.57. The third-order valence-electron chi connectivity index (χ3n) is 6.10. The molecule has 2 aromatic rings. The fraction of sp³-hybridized carbons (Fsp3) is 0.400. The number of carbonyl (C=O) groups excluding carboxylic acids is 3. The molecule has 0 radical (unpaired) electrons. The maximum atomic E-state index is 13.3. The molecule has 3 amide bonds. The molecule has 168 valence electrons. The summed E-state index contributed by atoms with van der Waals surface area (Å²) >= 11 is 0. The smallest absolute Gasteiger partial charge is 0.255 e. The van der Waals surface area contributed by atoms with Gasteiger partial charge >= 0.3 is 0 Å². The second-order valence-corrected chi connectivity index (χ2v) is 8.51. The Morgan fingerprint density at radius 2 is 1.78 bits per heavy atom. The van der Waals surface area contributed by atoms with Gasteiger partial charge in [0, 0.05) is 25.2 Å². The quantitative estimate of drug-likeness (QED) is 0.698. The first-order valence-corrected chi connectivity index (χ1v) is 11.2. The summed E-state index contributed by atoms with van der Waals surface area (Å²) in [5.74, 6) is 0.668. The molecule has 2 aromatic carbocycles. The molecule has 0 aromatic heterocycles. The Hall–Kier alpha value is -3.35. The first-order valence-electron chi connectivity index (χ1n) is 11.2. The van der Waals surface area contributed by atoms with Gasteiger partial charge in [-0.2, -0.15) is 0 Å². The van der Waals surface area contributed by atoms with E-state index in [0.717, 1.165) is 19.4 Å². The van der Waals surface area contributed by atoms with Crippen LogP contribution in [0.15, 0.2) is 48.5 Å². The molecule has 2 aliphatic rings. The number of nitrogens with zero attached hydrogens (tertiary/aromatic N) is 1. The molecule has 2 fully saturated rings. The topological polar surface area (TPSA) is 87.7 Å². The van der Waals surface area contributed by atoms with Gasteiger partial charge in [0.1, 0.15) is 5.75 Å². The van der Waals surface area contributed by atoms with Crippen LogP contribution in [0.5, 0.6) is 5.75 Å². The minimum atomic E-state index is -0.302. The summed E-state index contributed by atoms with van der Waals surface area (Å²) < 4.78 is 5.13. The molecule has 32 heavy (non-hydrogen) atoms. The van der Waals surface area contributed by atoms with Crippen LogP contribution in [0.2, 0.25) is 0 Å². The lowest BCUT2D eigenvalue weighted by Gasteiger charge is -2.32. The molecular weight excluding hydrogens is 406 g/mol. The van der Waals surface area contributed by atoms with Crippen molar-refractivity contribution in [2.45, 2.75) is 25.7 Å². The largest absolute Gasteiger partial charge is 0.497 e. The van der Waals surface area contributed by atoms with Crippen LogP contribution in [0.4, 0.5) is 5.69 Å². The maximum Gasteiger partial charge on any atom is 0.255 e. The maximum absolute atomic E-state index is 13.3. The molecule has 7 heteroatoms. The lowest BCUT2D eigenvalue weighted by molar-refractivity contribution is -0.126. The van der Waals surface area contributed by atoms with Gasteiger partial charge in [0.05, 0.1) is 24.3 Å². The van der Waals surface area contributed by atoms with Gasteiger partial charge in [-0.15, -0.1) is 0 Å². The second kappa shape index (κ2) is 9.85. The van der Waals surface area contributed by atoms with E-state index >= 15 is 0 Å². The zero-order valence-electron chi connectivity index (χ0n) is 18.3. The fourth-order valence-electron chi connectivity index (χ4n) is 3.97. The van der Waals surface area contributed by atoms with Crippen LogP contribution >= 0.6 is 0 Å². The molecule has 1 saturated carbocycles. The van der Waals surface area contributed by atoms with Crippen molar-refractivity contribution in [1.82, 2.24) is 10.2 Å². The summed E-state index contributed by atoms with van der Waals surface area (Å²) in [6, 6.07) is 13.8. The Labute approximate surface area is 188 Å². The number of rotatable bonds is 7. The lowest BCUT2D eigenvalue weighted by Crippen LogP contribution is -2.46. The van der Waals surface area contributed by atoms with Crippen molar-refractivity contribution in [3.05, 3.63) is 59.7 Å². The zero-order chi connectivity index (χ0) is 22.5. The molecule has 1 atom stereocenters. The van der Waals surface area contributed by atoms with Gasteiger partial charge in [0.2, 0.25) is 5.91 Å². The van der Waals surface area contributed by atoms with E-state index in [1.165, 1.54) is 12.8 Å². The molecule has 0 spiro atoms. The first kappa shape index (κ1) is 21.9. The van der Waals surface area contributed by atoms with Crippen molar-refractivity contribution in [1.29, 1.82) is 0 Å². The predicted octanol–water partition coefficient (Wildman–Crippen LogP) is 3.33. The van der Waals surface area contributed by atoms with Gasteiger partial charge in [-0.1, -0.05) is 12.1 Å². The van der Waals surface area contributed by atoms with Crippen molar-refractivity contribution in [3.63, 3.8) is 0 Å². The third kappa shape index (κ3) is 5.28. The van der Waals surface area contributed by atoms with E-state index in [2.05, 4.69) is 10.6 Å². The Bertz CT molecular complexity index is 985. The molecule has 7 nitrogen and oxygen atoms in total. The number of anilines is 1. The van der Waals surface area contributed by atoms with Gasteiger partial charge in [0.15, 0.2) is 0 Å². The van der Waals surface area contributed by atoms with Crippen LogP contribution in [0, 0.1) is 11.8 Å².